The van der Waals surface area contributed by atoms with Crippen LogP contribution in [0.4, 0.5) is 8.78 Å². The quantitative estimate of drug-likeness (QED) is 0.862. The first kappa shape index (κ1) is 15.8. The van der Waals surface area contributed by atoms with Gasteiger partial charge >= 0.3 is 0 Å². The van der Waals surface area contributed by atoms with Gasteiger partial charge in [0, 0.05) is 31.3 Å². The van der Waals surface area contributed by atoms with E-state index in [1.54, 1.807) is 24.3 Å². The van der Waals surface area contributed by atoms with Gasteiger partial charge < -0.3 is 4.90 Å². The van der Waals surface area contributed by atoms with Crippen molar-refractivity contribution in [3.63, 3.8) is 0 Å². The van der Waals surface area contributed by atoms with Crippen molar-refractivity contribution in [3.8, 4) is 0 Å². The summed E-state index contributed by atoms with van der Waals surface area (Å²) in [7, 11) is 1.99. The highest BCUT2D eigenvalue weighted by Crippen LogP contribution is 2.35. The van der Waals surface area contributed by atoms with Crippen LogP contribution in [0.3, 0.4) is 0 Å². The minimum atomic E-state index is -0.307. The normalized spacial score (nSPS) is 19.3. The monoisotopic (exact) mass is 315 g/mol. The molecule has 3 rings (SSSR count). The summed E-state index contributed by atoms with van der Waals surface area (Å²) < 4.78 is 26.5. The van der Waals surface area contributed by atoms with Crippen molar-refractivity contribution in [2.45, 2.75) is 12.3 Å². The third-order valence-corrected chi connectivity index (χ3v) is 4.52. The zero-order chi connectivity index (χ0) is 16.4. The van der Waals surface area contributed by atoms with Gasteiger partial charge in [0.15, 0.2) is 0 Å². The van der Waals surface area contributed by atoms with Crippen LogP contribution in [-0.2, 0) is 4.79 Å². The molecule has 0 N–H and O–H groups in total. The Kier molecular flexibility index (Phi) is 4.53. The standard InChI is InChI=1S/C19H19F2NO/c1-22-11-10-18(23)17(12-22)19(13-2-6-15(20)7-3-13)14-4-8-16(21)9-5-14/h2-9,17,19H,10-12H2,1H3. The number of Topliss-reactive ketones (excluding diaryl/α,β-unsaturated/α-hetero) is 1. The van der Waals surface area contributed by atoms with E-state index in [9.17, 15) is 13.6 Å². The average molecular weight is 315 g/mol. The average Bonchev–Trinajstić information content (AvgIpc) is 2.54. The van der Waals surface area contributed by atoms with Gasteiger partial charge in [-0.2, -0.15) is 0 Å². The first-order chi connectivity index (χ1) is 11.0. The highest BCUT2D eigenvalue weighted by Gasteiger charge is 2.34. The van der Waals surface area contributed by atoms with Crippen molar-refractivity contribution >= 4 is 5.78 Å². The number of likely N-dealkylation sites (tertiary alicyclic amines) is 1. The van der Waals surface area contributed by atoms with Crippen molar-refractivity contribution in [2.75, 3.05) is 20.1 Å². The van der Waals surface area contributed by atoms with Gasteiger partial charge in [-0.05, 0) is 42.4 Å². The number of ketones is 1. The van der Waals surface area contributed by atoms with Gasteiger partial charge in [-0.15, -0.1) is 0 Å². The van der Waals surface area contributed by atoms with Crippen molar-refractivity contribution in [2.24, 2.45) is 5.92 Å². The molecule has 23 heavy (non-hydrogen) atoms. The summed E-state index contributed by atoms with van der Waals surface area (Å²) in [6, 6.07) is 12.5. The van der Waals surface area contributed by atoms with E-state index in [4.69, 9.17) is 0 Å². The molecular weight excluding hydrogens is 296 g/mol. The molecule has 2 aromatic rings. The molecule has 1 fully saturated rings. The van der Waals surface area contributed by atoms with Crippen molar-refractivity contribution in [3.05, 3.63) is 71.3 Å². The Morgan fingerprint density at radius 2 is 1.43 bits per heavy atom. The molecule has 4 heteroatoms. The van der Waals surface area contributed by atoms with Gasteiger partial charge in [0.05, 0.1) is 0 Å². The summed E-state index contributed by atoms with van der Waals surface area (Å²) in [5.41, 5.74) is 1.76. The topological polar surface area (TPSA) is 20.3 Å². The molecule has 1 unspecified atom stereocenters. The van der Waals surface area contributed by atoms with Crippen LogP contribution in [0.2, 0.25) is 0 Å². The first-order valence-electron chi connectivity index (χ1n) is 7.77. The number of nitrogens with zero attached hydrogens (tertiary/aromatic N) is 1. The van der Waals surface area contributed by atoms with Gasteiger partial charge in [0.25, 0.3) is 0 Å². The number of benzene rings is 2. The Morgan fingerprint density at radius 1 is 0.957 bits per heavy atom. The van der Waals surface area contributed by atoms with Crippen LogP contribution in [0.1, 0.15) is 23.5 Å². The SMILES string of the molecule is CN1CCC(=O)C(C(c2ccc(F)cc2)c2ccc(F)cc2)C1. The third kappa shape index (κ3) is 3.48. The Balaban J connectivity index is 2.03. The number of halogens is 2. The van der Waals surface area contributed by atoms with Crippen LogP contribution in [0, 0.1) is 17.6 Å². The summed E-state index contributed by atoms with van der Waals surface area (Å²) in [6.45, 7) is 1.41. The van der Waals surface area contributed by atoms with Crippen LogP contribution >= 0.6 is 0 Å². The lowest BCUT2D eigenvalue weighted by Gasteiger charge is -2.34. The van der Waals surface area contributed by atoms with Crippen molar-refractivity contribution < 1.29 is 13.6 Å². The van der Waals surface area contributed by atoms with E-state index in [2.05, 4.69) is 4.90 Å². The molecule has 1 aliphatic rings. The second-order valence-electron chi connectivity index (χ2n) is 6.17. The molecular formula is C19H19F2NO. The molecule has 0 aliphatic carbocycles. The molecule has 0 bridgehead atoms. The van der Waals surface area contributed by atoms with Crippen LogP contribution in [0.25, 0.3) is 0 Å². The van der Waals surface area contributed by atoms with Gasteiger partial charge in [-0.25, -0.2) is 8.78 Å². The van der Waals surface area contributed by atoms with Crippen molar-refractivity contribution in [1.82, 2.24) is 4.90 Å². The number of hydrogen-bond donors (Lipinski definition) is 0. The minimum absolute atomic E-state index is 0.188. The fourth-order valence-corrected chi connectivity index (χ4v) is 3.30. The van der Waals surface area contributed by atoms with E-state index in [0.717, 1.165) is 17.7 Å². The molecule has 1 saturated heterocycles. The molecule has 0 saturated carbocycles. The van der Waals surface area contributed by atoms with Gasteiger partial charge in [0.2, 0.25) is 0 Å². The largest absolute Gasteiger partial charge is 0.305 e. The maximum Gasteiger partial charge on any atom is 0.139 e. The van der Waals surface area contributed by atoms with Gasteiger partial charge in [-0.3, -0.25) is 4.79 Å². The molecule has 2 aromatic carbocycles. The zero-order valence-electron chi connectivity index (χ0n) is 13.0. The molecule has 1 aliphatic heterocycles. The molecule has 1 heterocycles. The van der Waals surface area contributed by atoms with Gasteiger partial charge in [0.1, 0.15) is 17.4 Å². The number of hydrogen-bond acceptors (Lipinski definition) is 2. The zero-order valence-corrected chi connectivity index (χ0v) is 13.0. The predicted molar refractivity (Wildman–Crippen MR) is 85.3 cm³/mol. The summed E-state index contributed by atoms with van der Waals surface area (Å²) in [6.07, 6.45) is 0.514. The lowest BCUT2D eigenvalue weighted by atomic mass is 9.76. The smallest absolute Gasteiger partial charge is 0.139 e. The molecule has 0 aromatic heterocycles. The maximum absolute atomic E-state index is 13.3. The Hall–Kier alpha value is -2.07. The highest BCUT2D eigenvalue weighted by molar-refractivity contribution is 5.83. The van der Waals surface area contributed by atoms with E-state index < -0.39 is 0 Å². The second kappa shape index (κ2) is 6.59. The Labute approximate surface area is 134 Å². The second-order valence-corrected chi connectivity index (χ2v) is 6.17. The third-order valence-electron chi connectivity index (χ3n) is 4.52. The van der Waals surface area contributed by atoms with E-state index >= 15 is 0 Å². The van der Waals surface area contributed by atoms with Crippen LogP contribution in [0.15, 0.2) is 48.5 Å². The summed E-state index contributed by atoms with van der Waals surface area (Å²) in [4.78, 5) is 14.6. The van der Waals surface area contributed by atoms with Crippen LogP contribution < -0.4 is 0 Å². The minimum Gasteiger partial charge on any atom is -0.305 e. The first-order valence-corrected chi connectivity index (χ1v) is 7.77. The van der Waals surface area contributed by atoms with Crippen molar-refractivity contribution in [1.29, 1.82) is 0 Å². The molecule has 0 amide bonds. The van der Waals surface area contributed by atoms with Crippen LogP contribution in [-0.4, -0.2) is 30.8 Å². The van der Waals surface area contributed by atoms with E-state index in [1.165, 1.54) is 24.3 Å². The number of rotatable bonds is 3. The maximum atomic E-state index is 13.3. The Morgan fingerprint density at radius 3 is 1.91 bits per heavy atom. The highest BCUT2D eigenvalue weighted by atomic mass is 19.1. The van der Waals surface area contributed by atoms with E-state index in [1.807, 2.05) is 7.05 Å². The molecule has 0 spiro atoms. The fraction of sp³-hybridized carbons (Fsp3) is 0.316. The Bertz CT molecular complexity index is 636. The summed E-state index contributed by atoms with van der Waals surface area (Å²) >= 11 is 0. The number of piperidine rings is 1. The fourth-order valence-electron chi connectivity index (χ4n) is 3.30. The lowest BCUT2D eigenvalue weighted by Crippen LogP contribution is -2.41. The van der Waals surface area contributed by atoms with Crippen LogP contribution in [0.5, 0.6) is 0 Å². The van der Waals surface area contributed by atoms with E-state index in [0.29, 0.717) is 13.0 Å². The number of carbonyl (C=O) groups excluding carboxylic acids is 1. The molecule has 1 atom stereocenters. The summed E-state index contributed by atoms with van der Waals surface area (Å²) in [5, 5.41) is 0. The van der Waals surface area contributed by atoms with E-state index in [-0.39, 0.29) is 29.3 Å². The van der Waals surface area contributed by atoms with Gasteiger partial charge in [-0.1, -0.05) is 24.3 Å². The predicted octanol–water partition coefficient (Wildman–Crippen LogP) is 3.62. The molecule has 0 radical (unpaired) electrons. The lowest BCUT2D eigenvalue weighted by molar-refractivity contribution is -0.126. The molecule has 120 valence electrons. The molecule has 2 nitrogen and oxygen atoms in total. The number of carbonyl (C=O) groups is 1. The summed E-state index contributed by atoms with van der Waals surface area (Å²) in [5.74, 6) is -0.796.